The Morgan fingerprint density at radius 3 is 1.65 bits per heavy atom. The van der Waals surface area contributed by atoms with Crippen molar-refractivity contribution in [1.29, 1.82) is 0 Å². The Morgan fingerprint density at radius 2 is 1.18 bits per heavy atom. The molecule has 0 unspecified atom stereocenters. The van der Waals surface area contributed by atoms with Crippen molar-refractivity contribution in [3.63, 3.8) is 0 Å². The molecule has 0 fully saturated rings. The summed E-state index contributed by atoms with van der Waals surface area (Å²) in [5.41, 5.74) is 0. The molecule has 0 radical (unpaired) electrons. The summed E-state index contributed by atoms with van der Waals surface area (Å²) in [6.45, 7) is 0. The van der Waals surface area contributed by atoms with E-state index in [9.17, 15) is 0 Å². The molecule has 3 aromatic rings. The standard InChI is InChI=1S/C14H9Br.CH4O/c15-14-12-7-3-1-5-10(12)9-11-6-2-4-8-13(11)14;1-2/h1-9H;2H,1H3. The third-order valence-electron chi connectivity index (χ3n) is 2.71. The first-order chi connectivity index (χ1) is 8.36. The van der Waals surface area contributed by atoms with Crippen LogP contribution in [0.5, 0.6) is 0 Å². The molecule has 3 rings (SSSR count). The molecule has 0 bridgehead atoms. The maximum Gasteiger partial charge on any atom is 0.0332 e. The fraction of sp³-hybridized carbons (Fsp3) is 0.0667. The molecule has 0 atom stereocenters. The van der Waals surface area contributed by atoms with E-state index in [0.29, 0.717) is 0 Å². The van der Waals surface area contributed by atoms with Crippen LogP contribution in [0.15, 0.2) is 59.1 Å². The molecule has 0 aliphatic rings. The van der Waals surface area contributed by atoms with Gasteiger partial charge in [-0.25, -0.2) is 0 Å². The Morgan fingerprint density at radius 1 is 0.765 bits per heavy atom. The van der Waals surface area contributed by atoms with Crippen molar-refractivity contribution in [2.24, 2.45) is 0 Å². The van der Waals surface area contributed by atoms with E-state index in [0.717, 1.165) is 7.11 Å². The number of hydrogen-bond acceptors (Lipinski definition) is 1. The maximum absolute atomic E-state index is 7.00. The van der Waals surface area contributed by atoms with Crippen LogP contribution in [0.2, 0.25) is 0 Å². The predicted octanol–water partition coefficient (Wildman–Crippen LogP) is 4.36. The van der Waals surface area contributed by atoms with Crippen LogP contribution in [0.1, 0.15) is 0 Å². The van der Waals surface area contributed by atoms with Crippen LogP contribution >= 0.6 is 15.9 Å². The second kappa shape index (κ2) is 5.30. The molecule has 0 saturated carbocycles. The van der Waals surface area contributed by atoms with E-state index < -0.39 is 0 Å². The Labute approximate surface area is 109 Å². The van der Waals surface area contributed by atoms with Crippen molar-refractivity contribution >= 4 is 37.5 Å². The number of halogens is 1. The highest BCUT2D eigenvalue weighted by atomic mass is 79.9. The molecule has 17 heavy (non-hydrogen) atoms. The molecular weight excluding hydrogens is 276 g/mol. The summed E-state index contributed by atoms with van der Waals surface area (Å²) in [6.07, 6.45) is 0. The normalized spacial score (nSPS) is 10.1. The largest absolute Gasteiger partial charge is 0.400 e. The number of hydrogen-bond donors (Lipinski definition) is 1. The SMILES string of the molecule is Brc1c2ccccc2cc2ccccc12.CO. The summed E-state index contributed by atoms with van der Waals surface area (Å²) in [6, 6.07) is 19.1. The van der Waals surface area contributed by atoms with Gasteiger partial charge in [0.1, 0.15) is 0 Å². The van der Waals surface area contributed by atoms with Gasteiger partial charge in [0.25, 0.3) is 0 Å². The van der Waals surface area contributed by atoms with Gasteiger partial charge in [-0.1, -0.05) is 48.5 Å². The minimum Gasteiger partial charge on any atom is -0.400 e. The molecule has 1 N–H and O–H groups in total. The van der Waals surface area contributed by atoms with Crippen LogP contribution in [-0.2, 0) is 0 Å². The van der Waals surface area contributed by atoms with Crippen LogP contribution in [0, 0.1) is 0 Å². The zero-order chi connectivity index (χ0) is 12.3. The monoisotopic (exact) mass is 288 g/mol. The highest BCUT2D eigenvalue weighted by Crippen LogP contribution is 2.32. The van der Waals surface area contributed by atoms with Crippen LogP contribution < -0.4 is 0 Å². The second-order valence-corrected chi connectivity index (χ2v) is 4.43. The number of benzene rings is 3. The van der Waals surface area contributed by atoms with Gasteiger partial charge in [-0.05, 0) is 43.5 Å². The van der Waals surface area contributed by atoms with Gasteiger partial charge in [0.05, 0.1) is 0 Å². The van der Waals surface area contributed by atoms with Gasteiger partial charge in [-0.15, -0.1) is 0 Å². The van der Waals surface area contributed by atoms with E-state index in [4.69, 9.17) is 5.11 Å². The number of rotatable bonds is 0. The molecule has 0 aromatic heterocycles. The van der Waals surface area contributed by atoms with Crippen molar-refractivity contribution in [2.45, 2.75) is 0 Å². The van der Waals surface area contributed by atoms with Crippen LogP contribution in [0.3, 0.4) is 0 Å². The van der Waals surface area contributed by atoms with Gasteiger partial charge in [-0.2, -0.15) is 0 Å². The van der Waals surface area contributed by atoms with Crippen LogP contribution in [0.4, 0.5) is 0 Å². The summed E-state index contributed by atoms with van der Waals surface area (Å²) in [7, 11) is 1.00. The molecule has 0 amide bonds. The van der Waals surface area contributed by atoms with Gasteiger partial charge in [0.2, 0.25) is 0 Å². The van der Waals surface area contributed by atoms with Gasteiger partial charge in [-0.3, -0.25) is 0 Å². The van der Waals surface area contributed by atoms with Gasteiger partial charge in [0.15, 0.2) is 0 Å². The molecule has 86 valence electrons. The first-order valence-corrected chi connectivity index (χ1v) is 6.16. The summed E-state index contributed by atoms with van der Waals surface area (Å²) in [5.74, 6) is 0. The first kappa shape index (κ1) is 12.1. The predicted molar refractivity (Wildman–Crippen MR) is 77.3 cm³/mol. The lowest BCUT2D eigenvalue weighted by atomic mass is 10.0. The van der Waals surface area contributed by atoms with Crippen molar-refractivity contribution in [3.05, 3.63) is 59.1 Å². The Kier molecular flexibility index (Phi) is 3.77. The van der Waals surface area contributed by atoms with Crippen LogP contribution in [0.25, 0.3) is 21.5 Å². The Hall–Kier alpha value is -1.38. The number of fused-ring (bicyclic) bond motifs is 2. The molecule has 2 heteroatoms. The Balaban J connectivity index is 0.000000514. The average molecular weight is 289 g/mol. The summed E-state index contributed by atoms with van der Waals surface area (Å²) in [4.78, 5) is 0. The Bertz CT molecular complexity index is 593. The minimum atomic E-state index is 1.00. The maximum atomic E-state index is 7.00. The average Bonchev–Trinajstić information content (AvgIpc) is 2.41. The quantitative estimate of drug-likeness (QED) is 0.609. The van der Waals surface area contributed by atoms with E-state index in [1.807, 2.05) is 0 Å². The lowest BCUT2D eigenvalue weighted by Gasteiger charge is -2.05. The smallest absolute Gasteiger partial charge is 0.0332 e. The van der Waals surface area contributed by atoms with E-state index in [-0.39, 0.29) is 0 Å². The third-order valence-corrected chi connectivity index (χ3v) is 3.56. The highest BCUT2D eigenvalue weighted by Gasteiger charge is 2.03. The molecule has 1 nitrogen and oxygen atoms in total. The molecule has 0 saturated heterocycles. The first-order valence-electron chi connectivity index (χ1n) is 5.37. The summed E-state index contributed by atoms with van der Waals surface area (Å²) < 4.78 is 1.19. The molecule has 0 spiro atoms. The van der Waals surface area contributed by atoms with E-state index in [1.165, 1.54) is 26.0 Å². The molecular formula is C15H13BrO. The molecule has 0 heterocycles. The summed E-state index contributed by atoms with van der Waals surface area (Å²) >= 11 is 3.68. The molecule has 0 aliphatic carbocycles. The fourth-order valence-electron chi connectivity index (χ4n) is 1.96. The second-order valence-electron chi connectivity index (χ2n) is 3.63. The summed E-state index contributed by atoms with van der Waals surface area (Å²) in [5, 5.41) is 12.1. The topological polar surface area (TPSA) is 20.2 Å². The highest BCUT2D eigenvalue weighted by molar-refractivity contribution is 9.10. The zero-order valence-electron chi connectivity index (χ0n) is 9.52. The van der Waals surface area contributed by atoms with Gasteiger partial charge in [0, 0.05) is 11.6 Å². The van der Waals surface area contributed by atoms with Crippen molar-refractivity contribution in [2.75, 3.05) is 7.11 Å². The minimum absolute atomic E-state index is 1.00. The van der Waals surface area contributed by atoms with Crippen molar-refractivity contribution < 1.29 is 5.11 Å². The van der Waals surface area contributed by atoms with E-state index in [2.05, 4.69) is 70.5 Å². The molecule has 0 aliphatic heterocycles. The zero-order valence-corrected chi connectivity index (χ0v) is 11.1. The fourth-order valence-corrected chi connectivity index (χ4v) is 2.68. The van der Waals surface area contributed by atoms with Crippen molar-refractivity contribution in [1.82, 2.24) is 0 Å². The van der Waals surface area contributed by atoms with Crippen LogP contribution in [-0.4, -0.2) is 12.2 Å². The van der Waals surface area contributed by atoms with Gasteiger partial charge >= 0.3 is 0 Å². The van der Waals surface area contributed by atoms with Gasteiger partial charge < -0.3 is 5.11 Å². The number of aliphatic hydroxyl groups is 1. The van der Waals surface area contributed by atoms with Crippen molar-refractivity contribution in [3.8, 4) is 0 Å². The van der Waals surface area contributed by atoms with E-state index >= 15 is 0 Å². The lowest BCUT2D eigenvalue weighted by molar-refractivity contribution is 0.399. The lowest BCUT2D eigenvalue weighted by Crippen LogP contribution is -1.78. The number of aliphatic hydroxyl groups excluding tert-OH is 1. The molecule has 3 aromatic carbocycles. The third kappa shape index (κ3) is 2.19. The van der Waals surface area contributed by atoms with E-state index in [1.54, 1.807) is 0 Å².